The molecule has 11 heteroatoms. The topological polar surface area (TPSA) is 52.6 Å². The van der Waals surface area contributed by atoms with Gasteiger partial charge in [0, 0.05) is 33.4 Å². The van der Waals surface area contributed by atoms with E-state index >= 15 is 0 Å². The fourth-order valence-electron chi connectivity index (χ4n) is 8.09. The molecule has 0 aromatic carbocycles. The van der Waals surface area contributed by atoms with Gasteiger partial charge >= 0.3 is 44.9 Å². The van der Waals surface area contributed by atoms with Crippen molar-refractivity contribution in [2.45, 2.75) is 119 Å². The first kappa shape index (κ1) is 49.9. The zero-order valence-corrected chi connectivity index (χ0v) is 40.3. The summed E-state index contributed by atoms with van der Waals surface area (Å²) >= 11 is 0. The molecule has 0 radical (unpaired) electrons. The third-order valence-electron chi connectivity index (χ3n) is 11.2. The van der Waals surface area contributed by atoms with E-state index in [0.717, 1.165) is 22.6 Å². The third-order valence-corrected chi connectivity index (χ3v) is 11.2. The molecule has 0 aromatic rings. The van der Waals surface area contributed by atoms with Crippen LogP contribution in [0, 0.1) is 5.92 Å². The predicted octanol–water partition coefficient (Wildman–Crippen LogP) is 16.9. The molecule has 0 saturated heterocycles. The fraction of sp³-hybridized carbons (Fsp3) is 0.377. The normalized spacial score (nSPS) is 13.8. The van der Waals surface area contributed by atoms with E-state index in [9.17, 15) is 34.8 Å². The van der Waals surface area contributed by atoms with Crippen molar-refractivity contribution in [3.05, 3.63) is 147 Å². The maximum absolute atomic E-state index is 13.4. The average Bonchev–Trinajstić information content (AvgIpc) is 3.57. The van der Waals surface area contributed by atoms with Crippen molar-refractivity contribution in [3.8, 4) is 33.4 Å². The summed E-state index contributed by atoms with van der Waals surface area (Å²) in [7, 11) is -10.7. The molecule has 6 rings (SSSR count). The van der Waals surface area contributed by atoms with E-state index in [2.05, 4.69) is 156 Å². The molecule has 0 aromatic heterocycles. The van der Waals surface area contributed by atoms with E-state index in [0.29, 0.717) is 22.3 Å². The Morgan fingerprint density at radius 1 is 0.453 bits per heavy atom. The van der Waals surface area contributed by atoms with Crippen LogP contribution in [0.15, 0.2) is 91.0 Å². The second-order valence-corrected chi connectivity index (χ2v) is 22.5. The van der Waals surface area contributed by atoms with E-state index in [1.165, 1.54) is 44.5 Å². The summed E-state index contributed by atoms with van der Waals surface area (Å²) in [5.74, 6) is 0.164. The molecule has 6 aliphatic carbocycles. The number of hydrogen-bond donors (Lipinski definition) is 0. The number of ether oxygens (including phenoxy) is 2. The molecule has 0 aliphatic heterocycles. The predicted molar refractivity (Wildman–Crippen MR) is 250 cm³/mol. The van der Waals surface area contributed by atoms with Gasteiger partial charge in [0.25, 0.3) is 0 Å². The Morgan fingerprint density at radius 3 is 1.03 bits per heavy atom. The third kappa shape index (κ3) is 11.8. The van der Waals surface area contributed by atoms with Crippen LogP contribution in [0.1, 0.15) is 157 Å². The molecule has 0 N–H and O–H groups in total. The number of carbonyl (C=O) groups is 2. The molecule has 0 spiro atoms. The summed E-state index contributed by atoms with van der Waals surface area (Å²) in [4.78, 5) is 26.8. The molecule has 6 aliphatic rings. The van der Waals surface area contributed by atoms with E-state index in [4.69, 9.17) is 9.47 Å². The first-order valence-corrected chi connectivity index (χ1v) is 23.5. The summed E-state index contributed by atoms with van der Waals surface area (Å²) in [5, 5.41) is 0. The molecule has 0 unspecified atom stereocenters. The van der Waals surface area contributed by atoms with Crippen LogP contribution in [-0.2, 0) is 31.1 Å². The number of fused-ring (bicyclic) bond motifs is 3. The van der Waals surface area contributed by atoms with Gasteiger partial charge in [-0.3, -0.25) is 0 Å². The number of esters is 2. The molecule has 344 valence electrons. The van der Waals surface area contributed by atoms with E-state index in [-0.39, 0.29) is 34.9 Å². The van der Waals surface area contributed by atoms with Crippen LogP contribution in [0.4, 0.5) is 25.2 Å². The molecule has 4 nitrogen and oxygen atoms in total. The van der Waals surface area contributed by atoms with Crippen LogP contribution in [0.5, 0.6) is 0 Å². The van der Waals surface area contributed by atoms with Crippen molar-refractivity contribution in [2.24, 2.45) is 0 Å². The monoisotopic (exact) mass is 906 g/mol. The SMILES string of the molecule is CCOC(=O)c1cc(C(=O)OCC)c2ccc([C+](c3cc(C(C)(C)C)c4ccc(C(C)(C)C)ccc3-4)c3cc(C(C)(C)C)c4ccc(C(C)(C)C)ccc3-4)ccc1-2.F[P-](F)(F)(F)(F)F. The Bertz CT molecular complexity index is 2430. The van der Waals surface area contributed by atoms with Crippen LogP contribution in [0.2, 0.25) is 0 Å². The number of carbonyl (C=O) groups excluding carboxylic acids is 2. The summed E-state index contributed by atoms with van der Waals surface area (Å²) in [5.41, 5.74) is 14.8. The van der Waals surface area contributed by atoms with Crippen LogP contribution in [-0.4, -0.2) is 25.2 Å². The van der Waals surface area contributed by atoms with Crippen molar-refractivity contribution >= 4 is 19.7 Å². The van der Waals surface area contributed by atoms with Crippen LogP contribution < -0.4 is 0 Å². The van der Waals surface area contributed by atoms with Gasteiger partial charge in [0.1, 0.15) is 0 Å². The Labute approximate surface area is 375 Å². The first-order valence-electron chi connectivity index (χ1n) is 21.5. The zero-order chi connectivity index (χ0) is 48.2. The molecule has 0 bridgehead atoms. The quantitative estimate of drug-likeness (QED) is 0.0693. The molecular formula is C53H61F6O4P. The molecule has 0 atom stereocenters. The van der Waals surface area contributed by atoms with Gasteiger partial charge in [-0.15, -0.1) is 0 Å². The average molecular weight is 907 g/mol. The summed E-state index contributed by atoms with van der Waals surface area (Å²) in [6.45, 7) is 31.3. The van der Waals surface area contributed by atoms with Gasteiger partial charge < -0.3 is 9.47 Å². The van der Waals surface area contributed by atoms with E-state index in [1.807, 2.05) is 12.1 Å². The van der Waals surface area contributed by atoms with Gasteiger partial charge in [-0.1, -0.05) is 107 Å². The van der Waals surface area contributed by atoms with Gasteiger partial charge in [-0.25, -0.2) is 9.59 Å². The van der Waals surface area contributed by atoms with Gasteiger partial charge in [0.05, 0.1) is 46.9 Å². The second kappa shape index (κ2) is 16.4. The second-order valence-electron chi connectivity index (χ2n) is 20.5. The zero-order valence-electron chi connectivity index (χ0n) is 39.4. The minimum atomic E-state index is -10.7. The van der Waals surface area contributed by atoms with Crippen molar-refractivity contribution in [3.63, 3.8) is 0 Å². The molecular weight excluding hydrogens is 846 g/mol. The van der Waals surface area contributed by atoms with Crippen molar-refractivity contribution in [1.29, 1.82) is 0 Å². The number of halogens is 6. The Kier molecular flexibility index (Phi) is 12.8. The maximum atomic E-state index is 13.4. The molecule has 0 amide bonds. The molecule has 0 fully saturated rings. The Balaban J connectivity index is 0.00000102. The number of hydrogen-bond acceptors (Lipinski definition) is 4. The fourth-order valence-corrected chi connectivity index (χ4v) is 8.09. The van der Waals surface area contributed by atoms with Gasteiger partial charge in [0.2, 0.25) is 0 Å². The van der Waals surface area contributed by atoms with E-state index in [1.54, 1.807) is 19.9 Å². The minimum absolute atomic E-state index is 0.0287. The summed E-state index contributed by atoms with van der Waals surface area (Å²) < 4.78 is 70.2. The molecule has 0 saturated carbocycles. The Hall–Kier alpha value is -5.08. The molecule has 0 heterocycles. The summed E-state index contributed by atoms with van der Waals surface area (Å²) in [6, 6.07) is 33.0. The van der Waals surface area contributed by atoms with Crippen LogP contribution in [0.3, 0.4) is 0 Å². The van der Waals surface area contributed by atoms with Crippen molar-refractivity contribution in [2.75, 3.05) is 13.2 Å². The standard InChI is InChI=1S/C53H61O4.F6P/c1-15-56-48(54)43-29-44(49(55)57-16-2)36-24-18-32(17-23-35(36)43)47(41-30-45(52(9,10)11)39-27-21-33(50(3,4)5)19-25-37(39)41)42-31-46(53(12,13)14)40-28-22-34(51(6,7)8)20-26-38(40)42;1-7(2,3,4,5)6/h17-31H,15-16H2,1-14H3;/q+1;-1. The Morgan fingerprint density at radius 2 is 0.750 bits per heavy atom. The van der Waals surface area contributed by atoms with Crippen LogP contribution in [0.25, 0.3) is 33.4 Å². The van der Waals surface area contributed by atoms with Gasteiger partial charge in [-0.05, 0) is 124 Å². The first-order chi connectivity index (χ1) is 29.0. The van der Waals surface area contributed by atoms with Gasteiger partial charge in [0.15, 0.2) is 0 Å². The van der Waals surface area contributed by atoms with Crippen molar-refractivity contribution in [1.82, 2.24) is 0 Å². The molecule has 64 heavy (non-hydrogen) atoms. The van der Waals surface area contributed by atoms with Gasteiger partial charge in [-0.2, -0.15) is 0 Å². The number of rotatable bonds is 7. The van der Waals surface area contributed by atoms with Crippen molar-refractivity contribution < 1.29 is 44.2 Å². The van der Waals surface area contributed by atoms with E-state index < -0.39 is 19.7 Å². The summed E-state index contributed by atoms with van der Waals surface area (Å²) in [6.07, 6.45) is 0. The van der Waals surface area contributed by atoms with Crippen LogP contribution >= 0.6 is 7.81 Å².